The van der Waals surface area contributed by atoms with Gasteiger partial charge in [-0.2, -0.15) is 0 Å². The molecule has 25 heavy (non-hydrogen) atoms. The van der Waals surface area contributed by atoms with Crippen molar-refractivity contribution in [1.29, 1.82) is 0 Å². The SMILES string of the molecule is C=C(C)C1Cc2c([nH]c3ccccc23)C(c2ccc(CC)c(C)c2)N1. The molecule has 2 heterocycles. The van der Waals surface area contributed by atoms with Gasteiger partial charge in [0.05, 0.1) is 6.04 Å². The van der Waals surface area contributed by atoms with Crippen LogP contribution in [0.25, 0.3) is 10.9 Å². The molecule has 2 atom stereocenters. The summed E-state index contributed by atoms with van der Waals surface area (Å²) in [5.74, 6) is 0. The van der Waals surface area contributed by atoms with Crippen LogP contribution in [0.15, 0.2) is 54.6 Å². The Morgan fingerprint density at radius 2 is 2.00 bits per heavy atom. The van der Waals surface area contributed by atoms with Crippen LogP contribution < -0.4 is 5.32 Å². The molecule has 0 fully saturated rings. The first-order valence-electron chi connectivity index (χ1n) is 9.18. The first-order valence-corrected chi connectivity index (χ1v) is 9.18. The van der Waals surface area contributed by atoms with Crippen molar-refractivity contribution < 1.29 is 0 Å². The Morgan fingerprint density at radius 1 is 1.20 bits per heavy atom. The van der Waals surface area contributed by atoms with Gasteiger partial charge in [-0.1, -0.05) is 55.5 Å². The minimum Gasteiger partial charge on any atom is -0.357 e. The lowest BCUT2D eigenvalue weighted by atomic mass is 9.87. The first-order chi connectivity index (χ1) is 12.1. The fraction of sp³-hybridized carbons (Fsp3) is 0.304. The van der Waals surface area contributed by atoms with Crippen LogP contribution in [0.5, 0.6) is 0 Å². The lowest BCUT2D eigenvalue weighted by Gasteiger charge is -2.32. The van der Waals surface area contributed by atoms with Crippen molar-refractivity contribution in [3.63, 3.8) is 0 Å². The van der Waals surface area contributed by atoms with Gasteiger partial charge in [-0.15, -0.1) is 0 Å². The second-order valence-corrected chi connectivity index (χ2v) is 7.31. The Kier molecular flexibility index (Phi) is 4.01. The summed E-state index contributed by atoms with van der Waals surface area (Å²) >= 11 is 0. The summed E-state index contributed by atoms with van der Waals surface area (Å²) in [5.41, 5.74) is 9.29. The van der Waals surface area contributed by atoms with Crippen LogP contribution in [0.2, 0.25) is 0 Å². The van der Waals surface area contributed by atoms with E-state index in [1.54, 1.807) is 0 Å². The molecular formula is C23H26N2. The zero-order valence-electron chi connectivity index (χ0n) is 15.3. The number of rotatable bonds is 3. The monoisotopic (exact) mass is 330 g/mol. The minimum atomic E-state index is 0.183. The van der Waals surface area contributed by atoms with Gasteiger partial charge in [-0.3, -0.25) is 5.32 Å². The predicted molar refractivity (Wildman–Crippen MR) is 106 cm³/mol. The van der Waals surface area contributed by atoms with Gasteiger partial charge in [0, 0.05) is 22.6 Å². The van der Waals surface area contributed by atoms with Crippen LogP contribution in [-0.4, -0.2) is 11.0 Å². The number of fused-ring (bicyclic) bond motifs is 3. The molecule has 2 heteroatoms. The van der Waals surface area contributed by atoms with Crippen molar-refractivity contribution in [3.05, 3.63) is 82.6 Å². The number of para-hydroxylation sites is 1. The number of hydrogen-bond donors (Lipinski definition) is 2. The lowest BCUT2D eigenvalue weighted by Crippen LogP contribution is -2.40. The highest BCUT2D eigenvalue weighted by Crippen LogP contribution is 2.36. The summed E-state index contributed by atoms with van der Waals surface area (Å²) in [7, 11) is 0. The molecule has 2 nitrogen and oxygen atoms in total. The number of nitrogens with one attached hydrogen (secondary N) is 2. The number of aryl methyl sites for hydroxylation is 2. The molecule has 0 saturated heterocycles. The summed E-state index contributed by atoms with van der Waals surface area (Å²) in [6.45, 7) is 10.8. The van der Waals surface area contributed by atoms with Crippen LogP contribution in [0, 0.1) is 6.92 Å². The topological polar surface area (TPSA) is 27.8 Å². The van der Waals surface area contributed by atoms with Gasteiger partial charge >= 0.3 is 0 Å². The smallest absolute Gasteiger partial charge is 0.0737 e. The van der Waals surface area contributed by atoms with E-state index >= 15 is 0 Å². The number of aromatic amines is 1. The van der Waals surface area contributed by atoms with Crippen LogP contribution >= 0.6 is 0 Å². The van der Waals surface area contributed by atoms with E-state index < -0.39 is 0 Å². The Labute approximate surface area is 150 Å². The van der Waals surface area contributed by atoms with Gasteiger partial charge in [0.1, 0.15) is 0 Å². The van der Waals surface area contributed by atoms with Crippen LogP contribution in [0.4, 0.5) is 0 Å². The molecule has 0 spiro atoms. The van der Waals surface area contributed by atoms with Gasteiger partial charge in [-0.05, 0) is 55.0 Å². The van der Waals surface area contributed by atoms with E-state index in [-0.39, 0.29) is 6.04 Å². The molecule has 1 aliphatic heterocycles. The molecule has 2 N–H and O–H groups in total. The van der Waals surface area contributed by atoms with Crippen molar-refractivity contribution in [3.8, 4) is 0 Å². The number of aromatic nitrogens is 1. The summed E-state index contributed by atoms with van der Waals surface area (Å²) < 4.78 is 0. The van der Waals surface area contributed by atoms with Crippen LogP contribution in [0.3, 0.4) is 0 Å². The van der Waals surface area contributed by atoms with E-state index in [1.807, 2.05) is 0 Å². The summed E-state index contributed by atoms with van der Waals surface area (Å²) in [4.78, 5) is 3.68. The Hall–Kier alpha value is -2.32. The average molecular weight is 330 g/mol. The van der Waals surface area contributed by atoms with Gasteiger partial charge in [0.25, 0.3) is 0 Å². The maximum absolute atomic E-state index is 4.22. The maximum Gasteiger partial charge on any atom is 0.0737 e. The van der Waals surface area contributed by atoms with Crippen LogP contribution in [0.1, 0.15) is 47.8 Å². The molecule has 0 radical (unpaired) electrons. The minimum absolute atomic E-state index is 0.183. The highest BCUT2D eigenvalue weighted by molar-refractivity contribution is 5.85. The average Bonchev–Trinajstić information content (AvgIpc) is 2.99. The van der Waals surface area contributed by atoms with Gasteiger partial charge in [0.15, 0.2) is 0 Å². The van der Waals surface area contributed by atoms with E-state index in [1.165, 1.54) is 44.4 Å². The number of H-pyrrole nitrogens is 1. The van der Waals surface area contributed by atoms with Crippen molar-refractivity contribution >= 4 is 10.9 Å². The summed E-state index contributed by atoms with van der Waals surface area (Å²) in [5, 5.41) is 5.16. The second-order valence-electron chi connectivity index (χ2n) is 7.31. The molecule has 3 aromatic rings. The fourth-order valence-corrected chi connectivity index (χ4v) is 4.11. The van der Waals surface area contributed by atoms with Crippen molar-refractivity contribution in [2.75, 3.05) is 0 Å². The standard InChI is InChI=1S/C23H26N2/c1-5-16-10-11-17(12-15(16)4)22-23-19(13-21(25-22)14(2)3)18-8-6-7-9-20(18)24-23/h6-12,21-22,24-25H,2,5,13H2,1,3-4H3. The van der Waals surface area contributed by atoms with Crippen molar-refractivity contribution in [2.24, 2.45) is 0 Å². The van der Waals surface area contributed by atoms with E-state index in [0.29, 0.717) is 6.04 Å². The Balaban J connectivity index is 1.87. The van der Waals surface area contributed by atoms with Gasteiger partial charge in [-0.25, -0.2) is 0 Å². The van der Waals surface area contributed by atoms with E-state index in [4.69, 9.17) is 0 Å². The predicted octanol–water partition coefficient (Wildman–Crippen LogP) is 5.22. The molecule has 2 aromatic carbocycles. The Morgan fingerprint density at radius 3 is 2.72 bits per heavy atom. The molecule has 0 aliphatic carbocycles. The van der Waals surface area contributed by atoms with Gasteiger partial charge < -0.3 is 4.98 Å². The number of benzene rings is 2. The highest BCUT2D eigenvalue weighted by Gasteiger charge is 2.30. The van der Waals surface area contributed by atoms with Crippen LogP contribution in [-0.2, 0) is 12.8 Å². The molecule has 128 valence electrons. The van der Waals surface area contributed by atoms with E-state index in [9.17, 15) is 0 Å². The van der Waals surface area contributed by atoms with E-state index in [0.717, 1.165) is 12.8 Å². The molecule has 2 unspecified atom stereocenters. The third kappa shape index (κ3) is 2.71. The molecule has 0 saturated carbocycles. The maximum atomic E-state index is 4.22. The third-order valence-electron chi connectivity index (χ3n) is 5.59. The summed E-state index contributed by atoms with van der Waals surface area (Å²) in [6.07, 6.45) is 2.08. The normalized spacial score (nSPS) is 19.8. The molecule has 4 rings (SSSR count). The zero-order valence-corrected chi connectivity index (χ0v) is 15.3. The highest BCUT2D eigenvalue weighted by atomic mass is 15.0. The second kappa shape index (κ2) is 6.20. The van der Waals surface area contributed by atoms with Crippen molar-refractivity contribution in [1.82, 2.24) is 10.3 Å². The lowest BCUT2D eigenvalue weighted by molar-refractivity contribution is 0.476. The summed E-state index contributed by atoms with van der Waals surface area (Å²) in [6, 6.07) is 16.0. The Bertz CT molecular complexity index is 948. The molecule has 0 bridgehead atoms. The van der Waals surface area contributed by atoms with E-state index in [2.05, 4.69) is 80.1 Å². The third-order valence-corrected chi connectivity index (χ3v) is 5.59. The largest absolute Gasteiger partial charge is 0.357 e. The fourth-order valence-electron chi connectivity index (χ4n) is 4.11. The van der Waals surface area contributed by atoms with Gasteiger partial charge in [0.2, 0.25) is 0 Å². The number of hydrogen-bond acceptors (Lipinski definition) is 1. The quantitative estimate of drug-likeness (QED) is 0.633. The zero-order chi connectivity index (χ0) is 17.6. The molecular weight excluding hydrogens is 304 g/mol. The molecule has 0 amide bonds. The first kappa shape index (κ1) is 16.2. The molecule has 1 aliphatic rings. The van der Waals surface area contributed by atoms with Crippen molar-refractivity contribution in [2.45, 2.75) is 45.7 Å². The molecule has 1 aromatic heterocycles.